The molecule has 1 saturated carbocycles. The highest BCUT2D eigenvalue weighted by Crippen LogP contribution is 2.24. The molecule has 0 aromatic rings. The van der Waals surface area contributed by atoms with Gasteiger partial charge in [-0.25, -0.2) is 0 Å². The van der Waals surface area contributed by atoms with E-state index in [1.165, 1.54) is 6.08 Å². The van der Waals surface area contributed by atoms with Crippen LogP contribution in [0.3, 0.4) is 0 Å². The maximum Gasteiger partial charge on any atom is 0.243 e. The van der Waals surface area contributed by atoms with Crippen LogP contribution in [-0.4, -0.2) is 23.7 Å². The Balaban J connectivity index is 2.22. The van der Waals surface area contributed by atoms with Gasteiger partial charge in [-0.2, -0.15) is 0 Å². The molecule has 2 N–H and O–H groups in total. The van der Waals surface area contributed by atoms with Crippen LogP contribution in [0, 0.1) is 5.92 Å². The molecule has 2 atom stereocenters. The fourth-order valence-electron chi connectivity index (χ4n) is 1.56. The van der Waals surface area contributed by atoms with E-state index in [0.29, 0.717) is 6.54 Å². The minimum atomic E-state index is -0.227. The van der Waals surface area contributed by atoms with E-state index >= 15 is 0 Å². The second kappa shape index (κ2) is 4.26. The SMILES string of the molecule is C=CC(=O)NC[C@@H]1CCC[C@H]1O. The number of nitrogens with one attached hydrogen (secondary N) is 1. The van der Waals surface area contributed by atoms with Gasteiger partial charge in [0.15, 0.2) is 0 Å². The molecule has 3 nitrogen and oxygen atoms in total. The van der Waals surface area contributed by atoms with Gasteiger partial charge in [-0.05, 0) is 18.9 Å². The number of carbonyl (C=O) groups excluding carboxylic acids is 1. The molecule has 0 aliphatic heterocycles. The first kappa shape index (κ1) is 9.26. The number of carbonyl (C=O) groups is 1. The maximum absolute atomic E-state index is 10.8. The molecule has 68 valence electrons. The lowest BCUT2D eigenvalue weighted by Gasteiger charge is -2.13. The van der Waals surface area contributed by atoms with Gasteiger partial charge >= 0.3 is 0 Å². The molecule has 0 aromatic carbocycles. The molecule has 0 aromatic heterocycles. The van der Waals surface area contributed by atoms with Gasteiger partial charge < -0.3 is 10.4 Å². The third kappa shape index (κ3) is 2.34. The summed E-state index contributed by atoms with van der Waals surface area (Å²) in [5, 5.41) is 12.1. The molecule has 1 aliphatic carbocycles. The number of aliphatic hydroxyl groups excluding tert-OH is 1. The van der Waals surface area contributed by atoms with Crippen molar-refractivity contribution in [2.24, 2.45) is 5.92 Å². The summed E-state index contributed by atoms with van der Waals surface area (Å²) in [4.78, 5) is 10.8. The van der Waals surface area contributed by atoms with Crippen LogP contribution in [0.25, 0.3) is 0 Å². The van der Waals surface area contributed by atoms with Crippen LogP contribution in [0.1, 0.15) is 19.3 Å². The fraction of sp³-hybridized carbons (Fsp3) is 0.667. The van der Waals surface area contributed by atoms with Crippen LogP contribution in [0.2, 0.25) is 0 Å². The van der Waals surface area contributed by atoms with Gasteiger partial charge in [0.2, 0.25) is 5.91 Å². The normalized spacial score (nSPS) is 28.4. The maximum atomic E-state index is 10.8. The van der Waals surface area contributed by atoms with Crippen LogP contribution in [-0.2, 0) is 4.79 Å². The van der Waals surface area contributed by atoms with E-state index in [1.54, 1.807) is 0 Å². The lowest BCUT2D eigenvalue weighted by molar-refractivity contribution is -0.116. The predicted octanol–water partition coefficient (Wildman–Crippen LogP) is 0.450. The van der Waals surface area contributed by atoms with Crippen molar-refractivity contribution in [3.8, 4) is 0 Å². The van der Waals surface area contributed by atoms with Crippen molar-refractivity contribution < 1.29 is 9.90 Å². The molecule has 1 amide bonds. The highest BCUT2D eigenvalue weighted by atomic mass is 16.3. The third-order valence-corrected chi connectivity index (χ3v) is 2.34. The molecule has 0 unspecified atom stereocenters. The molecule has 0 radical (unpaired) electrons. The number of hydrogen-bond donors (Lipinski definition) is 2. The first-order valence-electron chi connectivity index (χ1n) is 4.32. The van der Waals surface area contributed by atoms with Gasteiger partial charge in [-0.15, -0.1) is 0 Å². The van der Waals surface area contributed by atoms with E-state index in [-0.39, 0.29) is 17.9 Å². The Hall–Kier alpha value is -0.830. The van der Waals surface area contributed by atoms with E-state index in [0.717, 1.165) is 19.3 Å². The van der Waals surface area contributed by atoms with Gasteiger partial charge in [0.05, 0.1) is 6.10 Å². The molecule has 1 rings (SSSR count). The van der Waals surface area contributed by atoms with Crippen molar-refractivity contribution in [2.45, 2.75) is 25.4 Å². The van der Waals surface area contributed by atoms with E-state index in [4.69, 9.17) is 0 Å². The summed E-state index contributed by atoms with van der Waals surface area (Å²) in [6.45, 7) is 3.93. The van der Waals surface area contributed by atoms with Crippen molar-refractivity contribution in [3.63, 3.8) is 0 Å². The smallest absolute Gasteiger partial charge is 0.243 e. The lowest BCUT2D eigenvalue weighted by Crippen LogP contribution is -2.31. The highest BCUT2D eigenvalue weighted by molar-refractivity contribution is 5.86. The van der Waals surface area contributed by atoms with E-state index < -0.39 is 0 Å². The van der Waals surface area contributed by atoms with Crippen molar-refractivity contribution in [3.05, 3.63) is 12.7 Å². The average Bonchev–Trinajstić information content (AvgIpc) is 2.47. The van der Waals surface area contributed by atoms with E-state index in [1.807, 2.05) is 0 Å². The van der Waals surface area contributed by atoms with Crippen LogP contribution in [0.15, 0.2) is 12.7 Å². The molecule has 0 saturated heterocycles. The number of amides is 1. The molecule has 1 aliphatic rings. The Morgan fingerprint density at radius 2 is 2.42 bits per heavy atom. The Kier molecular flexibility index (Phi) is 3.29. The van der Waals surface area contributed by atoms with Gasteiger partial charge in [0.25, 0.3) is 0 Å². The summed E-state index contributed by atoms with van der Waals surface area (Å²) in [5.41, 5.74) is 0. The van der Waals surface area contributed by atoms with Gasteiger partial charge in [0.1, 0.15) is 0 Å². The molecule has 1 fully saturated rings. The predicted molar refractivity (Wildman–Crippen MR) is 46.6 cm³/mol. The second-order valence-corrected chi connectivity index (χ2v) is 3.21. The lowest BCUT2D eigenvalue weighted by atomic mass is 10.1. The van der Waals surface area contributed by atoms with Crippen LogP contribution >= 0.6 is 0 Å². The van der Waals surface area contributed by atoms with Crippen molar-refractivity contribution in [1.82, 2.24) is 5.32 Å². The molecule has 12 heavy (non-hydrogen) atoms. The molecular weight excluding hydrogens is 154 g/mol. The first-order chi connectivity index (χ1) is 5.74. The number of rotatable bonds is 3. The highest BCUT2D eigenvalue weighted by Gasteiger charge is 2.24. The average molecular weight is 169 g/mol. The minimum Gasteiger partial charge on any atom is -0.393 e. The molecule has 0 bridgehead atoms. The topological polar surface area (TPSA) is 49.3 Å². The summed E-state index contributed by atoms with van der Waals surface area (Å²) in [7, 11) is 0. The summed E-state index contributed by atoms with van der Waals surface area (Å²) in [6.07, 6.45) is 3.97. The number of aliphatic hydroxyl groups is 1. The van der Waals surface area contributed by atoms with Crippen LogP contribution in [0.5, 0.6) is 0 Å². The van der Waals surface area contributed by atoms with E-state index in [9.17, 15) is 9.90 Å². The fourth-order valence-corrected chi connectivity index (χ4v) is 1.56. The third-order valence-electron chi connectivity index (χ3n) is 2.34. The summed E-state index contributed by atoms with van der Waals surface area (Å²) >= 11 is 0. The molecular formula is C9H15NO2. The summed E-state index contributed by atoms with van der Waals surface area (Å²) < 4.78 is 0. The van der Waals surface area contributed by atoms with Gasteiger partial charge in [0, 0.05) is 12.5 Å². The van der Waals surface area contributed by atoms with Crippen molar-refractivity contribution in [2.75, 3.05) is 6.54 Å². The zero-order chi connectivity index (χ0) is 8.97. The zero-order valence-electron chi connectivity index (χ0n) is 7.12. The van der Waals surface area contributed by atoms with Gasteiger partial charge in [-0.3, -0.25) is 4.79 Å². The zero-order valence-corrected chi connectivity index (χ0v) is 7.12. The standard InChI is InChI=1S/C9H15NO2/c1-2-9(12)10-6-7-4-3-5-8(7)11/h2,7-8,11H,1,3-6H2,(H,10,12)/t7-,8+/m0/s1. The second-order valence-electron chi connectivity index (χ2n) is 3.21. The Morgan fingerprint density at radius 1 is 1.67 bits per heavy atom. The minimum absolute atomic E-state index is 0.158. The Morgan fingerprint density at radius 3 is 2.92 bits per heavy atom. The molecule has 3 heteroatoms. The first-order valence-corrected chi connectivity index (χ1v) is 4.32. The van der Waals surface area contributed by atoms with E-state index in [2.05, 4.69) is 11.9 Å². The van der Waals surface area contributed by atoms with Crippen LogP contribution in [0.4, 0.5) is 0 Å². The number of hydrogen-bond acceptors (Lipinski definition) is 2. The monoisotopic (exact) mass is 169 g/mol. The Labute approximate surface area is 72.5 Å². The largest absolute Gasteiger partial charge is 0.393 e. The summed E-state index contributed by atoms with van der Waals surface area (Å²) in [6, 6.07) is 0. The summed E-state index contributed by atoms with van der Waals surface area (Å²) in [5.74, 6) is 0.0861. The van der Waals surface area contributed by atoms with Crippen molar-refractivity contribution in [1.29, 1.82) is 0 Å². The molecule has 0 spiro atoms. The quantitative estimate of drug-likeness (QED) is 0.603. The van der Waals surface area contributed by atoms with Gasteiger partial charge in [-0.1, -0.05) is 13.0 Å². The van der Waals surface area contributed by atoms with Crippen molar-refractivity contribution >= 4 is 5.91 Å². The Bertz CT molecular complexity index is 179. The molecule has 0 heterocycles. The van der Waals surface area contributed by atoms with Crippen LogP contribution < -0.4 is 5.32 Å².